The Morgan fingerprint density at radius 1 is 0.250 bits per heavy atom. The molecular weight excluding hydrogens is 725 g/mol. The van der Waals surface area contributed by atoms with E-state index >= 15 is 0 Å². The van der Waals surface area contributed by atoms with E-state index in [4.69, 9.17) is 0 Å². The zero-order valence-electron chi connectivity index (χ0n) is 34.4. The van der Waals surface area contributed by atoms with Crippen molar-refractivity contribution < 1.29 is 0 Å². The normalized spacial score (nSPS) is 11.7. The lowest BCUT2D eigenvalue weighted by molar-refractivity contribution is 1.04. The third-order valence-corrected chi connectivity index (χ3v) is 12.9. The summed E-state index contributed by atoms with van der Waals surface area (Å²) < 4.78 is 5.01. The molecule has 0 N–H and O–H groups in total. The van der Waals surface area contributed by atoms with E-state index in [1.54, 1.807) is 0 Å². The van der Waals surface area contributed by atoms with E-state index in [2.05, 4.69) is 231 Å². The zero-order chi connectivity index (χ0) is 40.5. The molecule has 11 rings (SSSR count). The lowest BCUT2D eigenvalue weighted by Crippen LogP contribution is -2.00. The lowest BCUT2D eigenvalue weighted by atomic mass is 9.96. The van der Waals surface area contributed by atoms with E-state index in [9.17, 15) is 0 Å². The van der Waals surface area contributed by atoms with Gasteiger partial charge in [0.2, 0.25) is 0 Å². The van der Waals surface area contributed by atoms with E-state index in [-0.39, 0.29) is 0 Å². The topological polar surface area (TPSA) is 9.86 Å². The molecule has 60 heavy (non-hydrogen) atoms. The highest BCUT2D eigenvalue weighted by atomic mass is 15.0. The van der Waals surface area contributed by atoms with Crippen LogP contribution in [0.2, 0.25) is 0 Å². The molecule has 286 valence electrons. The second-order valence-electron chi connectivity index (χ2n) is 16.3. The molecule has 2 heteroatoms. The number of hydrogen-bond acceptors (Lipinski definition) is 0. The molecule has 0 saturated heterocycles. The van der Waals surface area contributed by atoms with Crippen LogP contribution in [0.1, 0.15) is 22.5 Å². The van der Waals surface area contributed by atoms with Crippen molar-refractivity contribution in [1.82, 2.24) is 9.13 Å². The van der Waals surface area contributed by atoms with Crippen LogP contribution in [0.25, 0.3) is 99.2 Å². The van der Waals surface area contributed by atoms with Gasteiger partial charge in [0, 0.05) is 44.3 Å². The van der Waals surface area contributed by atoms with E-state index in [1.807, 2.05) is 0 Å². The van der Waals surface area contributed by atoms with Crippen LogP contribution < -0.4 is 0 Å². The van der Waals surface area contributed by atoms with Gasteiger partial charge in [0.05, 0.1) is 11.0 Å². The van der Waals surface area contributed by atoms with Crippen molar-refractivity contribution in [2.75, 3.05) is 0 Å². The second-order valence-corrected chi connectivity index (χ2v) is 16.3. The van der Waals surface area contributed by atoms with E-state index in [0.717, 1.165) is 0 Å². The van der Waals surface area contributed by atoms with Gasteiger partial charge in [-0.3, -0.25) is 0 Å². The lowest BCUT2D eigenvalue weighted by Gasteiger charge is -2.17. The fourth-order valence-electron chi connectivity index (χ4n) is 9.65. The highest BCUT2D eigenvalue weighted by molar-refractivity contribution is 6.22. The summed E-state index contributed by atoms with van der Waals surface area (Å²) in [6.07, 6.45) is 0. The summed E-state index contributed by atoms with van der Waals surface area (Å²) in [6, 6.07) is 71.3. The molecular formula is C58H44N2. The van der Waals surface area contributed by atoms with Crippen LogP contribution in [-0.4, -0.2) is 9.13 Å². The number of aryl methyl sites for hydroxylation is 2. The first-order valence-electron chi connectivity index (χ1n) is 20.9. The summed E-state index contributed by atoms with van der Waals surface area (Å²) >= 11 is 0. The molecule has 0 fully saturated rings. The molecule has 11 aromatic rings. The Labute approximate surface area is 351 Å². The van der Waals surface area contributed by atoms with E-state index in [0.29, 0.717) is 0 Å². The molecule has 0 bridgehead atoms. The molecule has 0 aliphatic rings. The quantitative estimate of drug-likeness (QED) is 0.149. The Hall–Kier alpha value is -7.42. The smallest absolute Gasteiger partial charge is 0.0612 e. The predicted octanol–water partition coefficient (Wildman–Crippen LogP) is 15.8. The standard InChI is InChI=1S/C58H44N2/c1-37-39(3)59(49-33-45(41-17-9-5-10-18-41)31-46(34-49)42-19-11-6-12-20-42)57-51(37)25-27-53-54-28-26-52-38(2)40(4)60(58(52)56(54)30-29-55(53)57)50-35-47(43-21-13-7-14-22-43)32-48(36-50)44-23-15-8-16-24-44/h5-36H,1-4H3. The average molecular weight is 769 g/mol. The number of aromatic nitrogens is 2. The average Bonchev–Trinajstić information content (AvgIpc) is 3.73. The fraction of sp³-hybridized carbons (Fsp3) is 0.0690. The van der Waals surface area contributed by atoms with Gasteiger partial charge in [0.15, 0.2) is 0 Å². The molecule has 9 aromatic carbocycles. The molecule has 0 radical (unpaired) electrons. The summed E-state index contributed by atoms with van der Waals surface area (Å²) in [4.78, 5) is 0. The van der Waals surface area contributed by atoms with Gasteiger partial charge in [-0.25, -0.2) is 0 Å². The maximum atomic E-state index is 2.51. The van der Waals surface area contributed by atoms with Gasteiger partial charge in [-0.05, 0) is 131 Å². The minimum atomic E-state index is 1.17. The van der Waals surface area contributed by atoms with Crippen LogP contribution in [0.3, 0.4) is 0 Å². The molecule has 0 spiro atoms. The van der Waals surface area contributed by atoms with E-state index in [1.165, 1.54) is 122 Å². The van der Waals surface area contributed by atoms with Crippen molar-refractivity contribution in [2.24, 2.45) is 0 Å². The van der Waals surface area contributed by atoms with Gasteiger partial charge in [-0.15, -0.1) is 0 Å². The second kappa shape index (κ2) is 14.1. The molecule has 0 aliphatic heterocycles. The largest absolute Gasteiger partial charge is 0.313 e. The van der Waals surface area contributed by atoms with Crippen LogP contribution >= 0.6 is 0 Å². The minimum absolute atomic E-state index is 1.17. The maximum Gasteiger partial charge on any atom is 0.0612 e. The molecule has 0 aliphatic carbocycles. The Morgan fingerprint density at radius 2 is 0.517 bits per heavy atom. The first-order valence-corrected chi connectivity index (χ1v) is 20.9. The highest BCUT2D eigenvalue weighted by Crippen LogP contribution is 2.43. The van der Waals surface area contributed by atoms with Gasteiger partial charge in [-0.2, -0.15) is 0 Å². The van der Waals surface area contributed by atoms with Gasteiger partial charge in [0.25, 0.3) is 0 Å². The molecule has 0 atom stereocenters. The Balaban J connectivity index is 1.17. The first-order chi connectivity index (χ1) is 29.4. The minimum Gasteiger partial charge on any atom is -0.313 e. The Bertz CT molecular complexity index is 3080. The molecule has 2 heterocycles. The van der Waals surface area contributed by atoms with E-state index < -0.39 is 0 Å². The first kappa shape index (κ1) is 35.7. The zero-order valence-corrected chi connectivity index (χ0v) is 34.4. The van der Waals surface area contributed by atoms with Crippen LogP contribution in [0.15, 0.2) is 194 Å². The molecule has 2 nitrogen and oxygen atoms in total. The molecule has 0 unspecified atom stereocenters. The van der Waals surface area contributed by atoms with Crippen molar-refractivity contribution in [3.63, 3.8) is 0 Å². The van der Waals surface area contributed by atoms with Crippen LogP contribution in [0.5, 0.6) is 0 Å². The molecule has 2 aromatic heterocycles. The summed E-state index contributed by atoms with van der Waals surface area (Å²) in [5, 5.41) is 7.60. The van der Waals surface area contributed by atoms with Crippen molar-refractivity contribution in [1.29, 1.82) is 0 Å². The summed E-state index contributed by atoms with van der Waals surface area (Å²) in [5.74, 6) is 0. The molecule has 0 amide bonds. The number of hydrogen-bond donors (Lipinski definition) is 0. The van der Waals surface area contributed by atoms with Crippen molar-refractivity contribution in [3.8, 4) is 55.9 Å². The van der Waals surface area contributed by atoms with Crippen molar-refractivity contribution in [2.45, 2.75) is 27.7 Å². The number of rotatable bonds is 6. The van der Waals surface area contributed by atoms with Gasteiger partial charge in [-0.1, -0.05) is 158 Å². The third kappa shape index (κ3) is 5.71. The SMILES string of the molecule is Cc1c(C)n(-c2cc(-c3ccccc3)cc(-c3ccccc3)c2)c2c1ccc1c3ccc4c(C)c(C)n(-c5cc(-c6ccccc6)cc(-c6ccccc6)c5)c4c3ccc12. The Kier molecular flexibility index (Phi) is 8.42. The van der Waals surface area contributed by atoms with Gasteiger partial charge >= 0.3 is 0 Å². The number of benzene rings is 9. The summed E-state index contributed by atoms with van der Waals surface area (Å²) in [7, 11) is 0. The van der Waals surface area contributed by atoms with Crippen molar-refractivity contribution >= 4 is 43.4 Å². The highest BCUT2D eigenvalue weighted by Gasteiger charge is 2.21. The summed E-state index contributed by atoms with van der Waals surface area (Å²) in [6.45, 7) is 9.09. The third-order valence-electron chi connectivity index (χ3n) is 12.9. The number of fused-ring (bicyclic) bond motifs is 7. The predicted molar refractivity (Wildman–Crippen MR) is 256 cm³/mol. The van der Waals surface area contributed by atoms with Gasteiger partial charge < -0.3 is 9.13 Å². The Morgan fingerprint density at radius 3 is 0.817 bits per heavy atom. The van der Waals surface area contributed by atoms with Crippen molar-refractivity contribution in [3.05, 3.63) is 217 Å². The molecule has 0 saturated carbocycles. The number of nitrogens with zero attached hydrogens (tertiary/aromatic N) is 2. The maximum absolute atomic E-state index is 2.51. The monoisotopic (exact) mass is 768 g/mol. The van der Waals surface area contributed by atoms with Crippen LogP contribution in [0, 0.1) is 27.7 Å². The summed E-state index contributed by atoms with van der Waals surface area (Å²) in [5.41, 5.74) is 19.6. The van der Waals surface area contributed by atoms with Crippen LogP contribution in [0.4, 0.5) is 0 Å². The fourth-order valence-corrected chi connectivity index (χ4v) is 9.65. The van der Waals surface area contributed by atoms with Gasteiger partial charge in [0.1, 0.15) is 0 Å². The van der Waals surface area contributed by atoms with Crippen LogP contribution in [-0.2, 0) is 0 Å².